The van der Waals surface area contributed by atoms with Crippen molar-refractivity contribution in [2.24, 2.45) is 10.9 Å². The van der Waals surface area contributed by atoms with Crippen LogP contribution in [0.3, 0.4) is 0 Å². The van der Waals surface area contributed by atoms with Gasteiger partial charge in [0.1, 0.15) is 5.69 Å². The second-order valence-electron chi connectivity index (χ2n) is 4.66. The summed E-state index contributed by atoms with van der Waals surface area (Å²) in [5.41, 5.74) is 1.55. The number of allylic oxidation sites excluding steroid dienone is 2. The van der Waals surface area contributed by atoms with Gasteiger partial charge in [0, 0.05) is 17.7 Å². The Hall–Kier alpha value is -1.71. The molecule has 0 spiro atoms. The predicted octanol–water partition coefficient (Wildman–Crippen LogP) is 3.47. The summed E-state index contributed by atoms with van der Waals surface area (Å²) in [5.74, 6) is 1.17. The molecule has 4 nitrogen and oxygen atoms in total. The number of aldehydes is 1. The van der Waals surface area contributed by atoms with Crippen LogP contribution in [0.4, 0.5) is 5.82 Å². The van der Waals surface area contributed by atoms with E-state index >= 15 is 0 Å². The summed E-state index contributed by atoms with van der Waals surface area (Å²) >= 11 is 0. The normalized spacial score (nSPS) is 17.7. The van der Waals surface area contributed by atoms with Crippen LogP contribution >= 0.6 is 0 Å². The van der Waals surface area contributed by atoms with Gasteiger partial charge >= 0.3 is 0 Å². The maximum atomic E-state index is 10.8. The van der Waals surface area contributed by atoms with Gasteiger partial charge in [-0.05, 0) is 26.5 Å². The Morgan fingerprint density at radius 1 is 1.50 bits per heavy atom. The molecule has 2 rings (SSSR count). The molecule has 1 aliphatic carbocycles. The lowest BCUT2D eigenvalue weighted by Crippen LogP contribution is -2.14. The molecule has 18 heavy (non-hydrogen) atoms. The third-order valence-corrected chi connectivity index (χ3v) is 3.56. The Balaban J connectivity index is 2.34. The molecule has 0 saturated heterocycles. The Morgan fingerprint density at radius 2 is 2.22 bits per heavy atom. The summed E-state index contributed by atoms with van der Waals surface area (Å²) in [6.45, 7) is 5.56. The van der Waals surface area contributed by atoms with Gasteiger partial charge in [0.25, 0.3) is 0 Å². The summed E-state index contributed by atoms with van der Waals surface area (Å²) in [5, 5.41) is 4.29. The molecule has 1 heterocycles. The summed E-state index contributed by atoms with van der Waals surface area (Å²) in [7, 11) is 0. The fraction of sp³-hybridized carbons (Fsp3) is 0.500. The molecule has 0 aromatic carbocycles. The number of carbonyl (C=O) groups is 1. The second kappa shape index (κ2) is 5.76. The zero-order chi connectivity index (χ0) is 13.0. The SMILES string of the molecule is C=Nc1cc(C=O)nn1/C(=C\C)C1CCCCC1. The molecule has 0 atom stereocenters. The number of rotatable bonds is 4. The van der Waals surface area contributed by atoms with E-state index < -0.39 is 0 Å². The highest BCUT2D eigenvalue weighted by Crippen LogP contribution is 2.34. The number of carbonyl (C=O) groups excluding carboxylic acids is 1. The van der Waals surface area contributed by atoms with Gasteiger partial charge in [0.15, 0.2) is 12.1 Å². The maximum Gasteiger partial charge on any atom is 0.170 e. The summed E-state index contributed by atoms with van der Waals surface area (Å²) in [6, 6.07) is 1.67. The zero-order valence-corrected chi connectivity index (χ0v) is 10.8. The van der Waals surface area contributed by atoms with Crippen LogP contribution < -0.4 is 0 Å². The highest BCUT2D eigenvalue weighted by Gasteiger charge is 2.21. The number of nitrogens with zero attached hydrogens (tertiary/aromatic N) is 3. The van der Waals surface area contributed by atoms with E-state index in [4.69, 9.17) is 0 Å². The topological polar surface area (TPSA) is 47.2 Å². The summed E-state index contributed by atoms with van der Waals surface area (Å²) < 4.78 is 1.77. The first kappa shape index (κ1) is 12.7. The molecule has 0 radical (unpaired) electrons. The van der Waals surface area contributed by atoms with Gasteiger partial charge in [0.05, 0.1) is 0 Å². The van der Waals surface area contributed by atoms with E-state index in [9.17, 15) is 4.79 Å². The van der Waals surface area contributed by atoms with Crippen LogP contribution in [-0.2, 0) is 0 Å². The van der Waals surface area contributed by atoms with Gasteiger partial charge in [-0.1, -0.05) is 25.3 Å². The summed E-state index contributed by atoms with van der Waals surface area (Å²) in [4.78, 5) is 14.8. The van der Waals surface area contributed by atoms with Crippen molar-refractivity contribution in [2.45, 2.75) is 39.0 Å². The van der Waals surface area contributed by atoms with Crippen molar-refractivity contribution in [3.05, 3.63) is 17.8 Å². The van der Waals surface area contributed by atoms with Crippen LogP contribution in [0.2, 0.25) is 0 Å². The van der Waals surface area contributed by atoms with Crippen molar-refractivity contribution in [1.29, 1.82) is 0 Å². The van der Waals surface area contributed by atoms with Crippen LogP contribution in [-0.4, -0.2) is 22.8 Å². The molecule has 1 fully saturated rings. The second-order valence-corrected chi connectivity index (χ2v) is 4.66. The molecule has 1 saturated carbocycles. The number of hydrogen-bond acceptors (Lipinski definition) is 3. The molecule has 0 unspecified atom stereocenters. The molecule has 1 aromatic heterocycles. The van der Waals surface area contributed by atoms with Gasteiger partial charge in [-0.25, -0.2) is 9.67 Å². The molecular formula is C14H19N3O. The molecule has 0 bridgehead atoms. The van der Waals surface area contributed by atoms with Crippen molar-refractivity contribution in [3.63, 3.8) is 0 Å². The van der Waals surface area contributed by atoms with E-state index in [-0.39, 0.29) is 0 Å². The molecule has 0 aliphatic heterocycles. The number of aromatic nitrogens is 2. The van der Waals surface area contributed by atoms with Crippen LogP contribution in [0, 0.1) is 5.92 Å². The lowest BCUT2D eigenvalue weighted by molar-refractivity contribution is 0.111. The standard InChI is InChI=1S/C14H19N3O/c1-3-13(11-7-5-4-6-8-11)17-14(15-2)9-12(10-18)16-17/h3,9-11H,2,4-8H2,1H3/b13-3-. The van der Waals surface area contributed by atoms with E-state index in [0.29, 0.717) is 17.4 Å². The highest BCUT2D eigenvalue weighted by molar-refractivity contribution is 5.74. The van der Waals surface area contributed by atoms with E-state index in [1.165, 1.54) is 32.1 Å². The third kappa shape index (κ3) is 2.42. The van der Waals surface area contributed by atoms with Crippen molar-refractivity contribution in [3.8, 4) is 0 Å². The minimum Gasteiger partial charge on any atom is -0.296 e. The first-order valence-corrected chi connectivity index (χ1v) is 6.48. The van der Waals surface area contributed by atoms with Crippen LogP contribution in [0.1, 0.15) is 49.5 Å². The van der Waals surface area contributed by atoms with Crippen LogP contribution in [0.25, 0.3) is 5.70 Å². The van der Waals surface area contributed by atoms with Crippen molar-refractivity contribution < 1.29 is 4.79 Å². The Morgan fingerprint density at radius 3 is 2.78 bits per heavy atom. The van der Waals surface area contributed by atoms with E-state index in [1.54, 1.807) is 10.7 Å². The Kier molecular flexibility index (Phi) is 4.07. The fourth-order valence-corrected chi connectivity index (χ4v) is 2.68. The molecule has 4 heteroatoms. The smallest absolute Gasteiger partial charge is 0.170 e. The highest BCUT2D eigenvalue weighted by atomic mass is 16.1. The van der Waals surface area contributed by atoms with Gasteiger partial charge in [-0.3, -0.25) is 4.79 Å². The zero-order valence-electron chi connectivity index (χ0n) is 10.8. The minimum absolute atomic E-state index is 0.410. The van der Waals surface area contributed by atoms with Crippen molar-refractivity contribution >= 4 is 24.5 Å². The van der Waals surface area contributed by atoms with Gasteiger partial charge in [-0.2, -0.15) is 5.10 Å². The Labute approximate surface area is 107 Å². The molecular weight excluding hydrogens is 226 g/mol. The lowest BCUT2D eigenvalue weighted by Gasteiger charge is -2.24. The van der Waals surface area contributed by atoms with Crippen molar-refractivity contribution in [2.75, 3.05) is 0 Å². The van der Waals surface area contributed by atoms with Gasteiger partial charge in [0.2, 0.25) is 0 Å². The third-order valence-electron chi connectivity index (χ3n) is 3.56. The van der Waals surface area contributed by atoms with Crippen LogP contribution in [0.5, 0.6) is 0 Å². The van der Waals surface area contributed by atoms with E-state index in [0.717, 1.165) is 12.0 Å². The van der Waals surface area contributed by atoms with Crippen molar-refractivity contribution in [1.82, 2.24) is 9.78 Å². The molecule has 1 aliphatic rings. The van der Waals surface area contributed by atoms with E-state index in [2.05, 4.69) is 22.9 Å². The first-order valence-electron chi connectivity index (χ1n) is 6.48. The Bertz CT molecular complexity index is 467. The number of aliphatic imine (C=N–C) groups is 1. The fourth-order valence-electron chi connectivity index (χ4n) is 2.68. The summed E-state index contributed by atoms with van der Waals surface area (Å²) in [6.07, 6.45) is 9.05. The number of hydrogen-bond donors (Lipinski definition) is 0. The molecule has 1 aromatic rings. The van der Waals surface area contributed by atoms with Crippen LogP contribution in [0.15, 0.2) is 17.1 Å². The van der Waals surface area contributed by atoms with Gasteiger partial charge in [-0.15, -0.1) is 0 Å². The monoisotopic (exact) mass is 245 g/mol. The predicted molar refractivity (Wildman–Crippen MR) is 73.3 cm³/mol. The lowest BCUT2D eigenvalue weighted by atomic mass is 9.87. The first-order chi connectivity index (χ1) is 8.80. The van der Waals surface area contributed by atoms with Gasteiger partial charge < -0.3 is 0 Å². The minimum atomic E-state index is 0.410. The average Bonchev–Trinajstić information content (AvgIpc) is 2.84. The van der Waals surface area contributed by atoms with E-state index in [1.807, 2.05) is 6.92 Å². The largest absolute Gasteiger partial charge is 0.296 e. The molecule has 96 valence electrons. The molecule has 0 amide bonds. The quantitative estimate of drug-likeness (QED) is 0.602. The average molecular weight is 245 g/mol. The maximum absolute atomic E-state index is 10.8. The molecule has 0 N–H and O–H groups in total.